The van der Waals surface area contributed by atoms with E-state index in [0.717, 1.165) is 25.0 Å². The molecule has 0 spiro atoms. The minimum Gasteiger partial charge on any atom is -0.422 e. The molecule has 4 nitrogen and oxygen atoms in total. The lowest BCUT2D eigenvalue weighted by molar-refractivity contribution is 0.563. The van der Waals surface area contributed by atoms with Gasteiger partial charge in [-0.1, -0.05) is 38.9 Å². The monoisotopic (exact) mass is 430 g/mol. The average molecular weight is 432 g/mol. The molecule has 5 aromatic rings. The van der Waals surface area contributed by atoms with Crippen molar-refractivity contribution >= 4 is 65.0 Å². The van der Waals surface area contributed by atoms with Gasteiger partial charge in [-0.05, 0) is 42.5 Å². The number of thiazole rings is 1. The lowest BCUT2D eigenvalue weighted by Gasteiger charge is -2.00. The third kappa shape index (κ3) is 2.40. The molecule has 0 saturated carbocycles. The molecule has 3 aromatic heterocycles. The third-order valence-corrected chi connectivity index (χ3v) is 5.77. The van der Waals surface area contributed by atoms with Crippen LogP contribution in [0.3, 0.4) is 0 Å². The van der Waals surface area contributed by atoms with E-state index >= 15 is 0 Å². The average Bonchev–Trinajstić information content (AvgIpc) is 3.11. The third-order valence-electron chi connectivity index (χ3n) is 4.03. The smallest absolute Gasteiger partial charge is 0.345 e. The van der Waals surface area contributed by atoms with Crippen molar-refractivity contribution in [2.45, 2.75) is 0 Å². The van der Waals surface area contributed by atoms with Crippen molar-refractivity contribution in [3.63, 3.8) is 0 Å². The van der Waals surface area contributed by atoms with E-state index in [0.29, 0.717) is 21.9 Å². The summed E-state index contributed by atoms with van der Waals surface area (Å²) in [5.74, 6) is 0. The summed E-state index contributed by atoms with van der Waals surface area (Å²) in [6, 6.07) is 13.1. The molecule has 0 N–H and O–H groups in total. The Morgan fingerprint density at radius 1 is 1.16 bits per heavy atom. The van der Waals surface area contributed by atoms with Crippen LogP contribution in [0.5, 0.6) is 0 Å². The SMILES string of the molecule is O=c1oc2ccc(Br)cc2cc1-c1cn2c(n1)sc1cc(Cl)ccc12. The maximum atomic E-state index is 12.4. The normalized spacial score (nSPS) is 11.8. The van der Waals surface area contributed by atoms with Gasteiger partial charge in [0.1, 0.15) is 5.58 Å². The van der Waals surface area contributed by atoms with Crippen molar-refractivity contribution in [2.24, 2.45) is 0 Å². The van der Waals surface area contributed by atoms with E-state index in [2.05, 4.69) is 20.9 Å². The molecule has 0 unspecified atom stereocenters. The zero-order valence-electron chi connectivity index (χ0n) is 12.5. The Bertz CT molecular complexity index is 1350. The molecule has 5 rings (SSSR count). The van der Waals surface area contributed by atoms with Crippen LogP contribution in [0.25, 0.3) is 37.4 Å². The first kappa shape index (κ1) is 15.1. The molecule has 0 atom stereocenters. The fourth-order valence-electron chi connectivity index (χ4n) is 2.88. The second kappa shape index (κ2) is 5.42. The van der Waals surface area contributed by atoms with Crippen LogP contribution in [0, 0.1) is 0 Å². The Morgan fingerprint density at radius 2 is 2.04 bits per heavy atom. The van der Waals surface area contributed by atoms with Gasteiger partial charge in [0.2, 0.25) is 0 Å². The first-order valence-electron chi connectivity index (χ1n) is 7.39. The second-order valence-corrected chi connectivity index (χ2v) is 7.98. The second-order valence-electron chi connectivity index (χ2n) is 5.62. The summed E-state index contributed by atoms with van der Waals surface area (Å²) < 4.78 is 9.38. The summed E-state index contributed by atoms with van der Waals surface area (Å²) in [6.07, 6.45) is 1.86. The number of aromatic nitrogens is 2. The highest BCUT2D eigenvalue weighted by Gasteiger charge is 2.14. The van der Waals surface area contributed by atoms with Crippen LogP contribution in [0.15, 0.2) is 62.3 Å². The molecule has 0 saturated heterocycles. The van der Waals surface area contributed by atoms with Crippen LogP contribution in [0.1, 0.15) is 0 Å². The molecule has 7 heteroatoms. The number of hydrogen-bond donors (Lipinski definition) is 0. The molecule has 0 aliphatic heterocycles. The van der Waals surface area contributed by atoms with Crippen LogP contribution in [-0.4, -0.2) is 9.38 Å². The molecule has 3 heterocycles. The number of nitrogens with zero attached hydrogens (tertiary/aromatic N) is 2. The number of benzene rings is 2. The van der Waals surface area contributed by atoms with Gasteiger partial charge < -0.3 is 4.42 Å². The highest BCUT2D eigenvalue weighted by Crippen LogP contribution is 2.31. The first-order valence-corrected chi connectivity index (χ1v) is 9.38. The number of imidazole rings is 1. The van der Waals surface area contributed by atoms with Crippen molar-refractivity contribution in [1.29, 1.82) is 0 Å². The summed E-state index contributed by atoms with van der Waals surface area (Å²) in [5.41, 5.74) is 2.21. The van der Waals surface area contributed by atoms with Crippen molar-refractivity contribution in [3.05, 3.63) is 68.6 Å². The Morgan fingerprint density at radius 3 is 2.92 bits per heavy atom. The Labute approximate surface area is 158 Å². The van der Waals surface area contributed by atoms with E-state index in [1.54, 1.807) is 6.07 Å². The highest BCUT2D eigenvalue weighted by atomic mass is 79.9. The zero-order valence-corrected chi connectivity index (χ0v) is 15.7. The van der Waals surface area contributed by atoms with Gasteiger partial charge in [-0.2, -0.15) is 0 Å². The van der Waals surface area contributed by atoms with Gasteiger partial charge in [0.05, 0.1) is 21.5 Å². The maximum absolute atomic E-state index is 12.4. The van der Waals surface area contributed by atoms with Gasteiger partial charge in [0.15, 0.2) is 4.96 Å². The Balaban J connectivity index is 1.76. The summed E-state index contributed by atoms with van der Waals surface area (Å²) in [6.45, 7) is 0. The fourth-order valence-corrected chi connectivity index (χ4v) is 4.54. The van der Waals surface area contributed by atoms with Crippen LogP contribution in [0.4, 0.5) is 0 Å². The predicted octanol–water partition coefficient (Wildman–Crippen LogP) is 5.74. The molecule has 122 valence electrons. The molecule has 0 bridgehead atoms. The van der Waals surface area contributed by atoms with Crippen molar-refractivity contribution in [3.8, 4) is 11.3 Å². The number of hydrogen-bond acceptors (Lipinski definition) is 4. The molecule has 25 heavy (non-hydrogen) atoms. The summed E-state index contributed by atoms with van der Waals surface area (Å²) in [7, 11) is 0. The van der Waals surface area contributed by atoms with E-state index in [9.17, 15) is 4.79 Å². The van der Waals surface area contributed by atoms with Gasteiger partial charge in [0.25, 0.3) is 0 Å². The van der Waals surface area contributed by atoms with Gasteiger partial charge in [0, 0.05) is 21.1 Å². The highest BCUT2D eigenvalue weighted by molar-refractivity contribution is 9.10. The fraction of sp³-hybridized carbons (Fsp3) is 0. The van der Waals surface area contributed by atoms with E-state index in [1.807, 2.05) is 47.0 Å². The number of fused-ring (bicyclic) bond motifs is 4. The maximum Gasteiger partial charge on any atom is 0.345 e. The number of rotatable bonds is 1. The molecule has 2 aromatic carbocycles. The van der Waals surface area contributed by atoms with Gasteiger partial charge >= 0.3 is 5.63 Å². The van der Waals surface area contributed by atoms with Gasteiger partial charge in [-0.3, -0.25) is 4.40 Å². The standard InChI is InChI=1S/C18H8BrClN2O2S/c19-10-1-4-15-9(5-10)6-12(17(23)24-15)13-8-22-14-3-2-11(20)7-16(14)25-18(22)21-13/h1-8H. The number of halogens is 2. The summed E-state index contributed by atoms with van der Waals surface area (Å²) in [5, 5.41) is 1.54. The van der Waals surface area contributed by atoms with Crippen LogP contribution < -0.4 is 5.63 Å². The van der Waals surface area contributed by atoms with Crippen molar-refractivity contribution in [2.75, 3.05) is 0 Å². The Kier molecular flexibility index (Phi) is 3.28. The van der Waals surface area contributed by atoms with Crippen molar-refractivity contribution < 1.29 is 4.42 Å². The molecular formula is C18H8BrClN2O2S. The minimum absolute atomic E-state index is 0.395. The topological polar surface area (TPSA) is 47.5 Å². The zero-order chi connectivity index (χ0) is 17.1. The lowest BCUT2D eigenvalue weighted by Crippen LogP contribution is -2.02. The van der Waals surface area contributed by atoms with Crippen molar-refractivity contribution in [1.82, 2.24) is 9.38 Å². The van der Waals surface area contributed by atoms with E-state index in [1.165, 1.54) is 11.3 Å². The van der Waals surface area contributed by atoms with E-state index in [-0.39, 0.29) is 0 Å². The Hall–Kier alpha value is -2.15. The van der Waals surface area contributed by atoms with Crippen LogP contribution in [-0.2, 0) is 0 Å². The quantitative estimate of drug-likeness (QED) is 0.318. The van der Waals surface area contributed by atoms with E-state index in [4.69, 9.17) is 16.0 Å². The molecular weight excluding hydrogens is 424 g/mol. The lowest BCUT2D eigenvalue weighted by atomic mass is 10.1. The molecule has 0 aliphatic rings. The van der Waals surface area contributed by atoms with Crippen LogP contribution in [0.2, 0.25) is 5.02 Å². The summed E-state index contributed by atoms with van der Waals surface area (Å²) >= 11 is 11.0. The predicted molar refractivity (Wildman–Crippen MR) is 105 cm³/mol. The largest absolute Gasteiger partial charge is 0.422 e. The van der Waals surface area contributed by atoms with E-state index < -0.39 is 5.63 Å². The van der Waals surface area contributed by atoms with Gasteiger partial charge in [-0.25, -0.2) is 9.78 Å². The molecule has 0 aliphatic carbocycles. The molecule has 0 radical (unpaired) electrons. The first-order chi connectivity index (χ1) is 12.1. The molecule has 0 fully saturated rings. The molecule has 0 amide bonds. The minimum atomic E-state index is -0.395. The summed E-state index contributed by atoms with van der Waals surface area (Å²) in [4.78, 5) is 17.8. The van der Waals surface area contributed by atoms with Gasteiger partial charge in [-0.15, -0.1) is 0 Å². The van der Waals surface area contributed by atoms with Crippen LogP contribution >= 0.6 is 38.9 Å².